The SMILES string of the molecule is CC1CN(c2cc(F)ccc2F)CCN1. The second kappa shape index (κ2) is 4.14. The van der Waals surface area contributed by atoms with Crippen LogP contribution in [0.3, 0.4) is 0 Å². The molecule has 2 rings (SSSR count). The molecule has 1 heterocycles. The van der Waals surface area contributed by atoms with Crippen molar-refractivity contribution in [1.29, 1.82) is 0 Å². The van der Waals surface area contributed by atoms with E-state index in [1.807, 2.05) is 11.8 Å². The van der Waals surface area contributed by atoms with Gasteiger partial charge in [0.15, 0.2) is 0 Å². The van der Waals surface area contributed by atoms with Gasteiger partial charge in [0, 0.05) is 31.7 Å². The summed E-state index contributed by atoms with van der Waals surface area (Å²) in [5.74, 6) is -0.747. The van der Waals surface area contributed by atoms with E-state index in [0.717, 1.165) is 12.6 Å². The lowest BCUT2D eigenvalue weighted by Gasteiger charge is -2.33. The maximum Gasteiger partial charge on any atom is 0.146 e. The molecule has 1 aromatic rings. The van der Waals surface area contributed by atoms with Crippen molar-refractivity contribution < 1.29 is 8.78 Å². The largest absolute Gasteiger partial charge is 0.366 e. The molecule has 0 aromatic heterocycles. The molecule has 1 atom stereocenters. The summed E-state index contributed by atoms with van der Waals surface area (Å²) in [5.41, 5.74) is 0.364. The first-order chi connectivity index (χ1) is 7.16. The van der Waals surface area contributed by atoms with Gasteiger partial charge in [0.2, 0.25) is 0 Å². The fourth-order valence-corrected chi connectivity index (χ4v) is 1.88. The molecule has 2 nitrogen and oxygen atoms in total. The summed E-state index contributed by atoms with van der Waals surface area (Å²) in [6, 6.07) is 3.89. The van der Waals surface area contributed by atoms with Gasteiger partial charge in [-0.2, -0.15) is 0 Å². The van der Waals surface area contributed by atoms with E-state index in [-0.39, 0.29) is 5.82 Å². The summed E-state index contributed by atoms with van der Waals surface area (Å²) in [7, 11) is 0. The van der Waals surface area contributed by atoms with Gasteiger partial charge in [-0.3, -0.25) is 0 Å². The van der Waals surface area contributed by atoms with Crippen molar-refractivity contribution in [2.24, 2.45) is 0 Å². The van der Waals surface area contributed by atoms with Gasteiger partial charge in [0.05, 0.1) is 5.69 Å². The zero-order valence-electron chi connectivity index (χ0n) is 8.63. The molecule has 0 amide bonds. The van der Waals surface area contributed by atoms with E-state index < -0.39 is 5.82 Å². The average molecular weight is 212 g/mol. The van der Waals surface area contributed by atoms with Gasteiger partial charge in [0.25, 0.3) is 0 Å². The van der Waals surface area contributed by atoms with Crippen LogP contribution >= 0.6 is 0 Å². The Bertz CT molecular complexity index is 354. The van der Waals surface area contributed by atoms with Crippen LogP contribution in [0.2, 0.25) is 0 Å². The minimum Gasteiger partial charge on any atom is -0.366 e. The molecule has 4 heteroatoms. The van der Waals surface area contributed by atoms with Gasteiger partial charge in [-0.25, -0.2) is 8.78 Å². The van der Waals surface area contributed by atoms with Crippen molar-refractivity contribution in [1.82, 2.24) is 5.32 Å². The normalized spacial score (nSPS) is 21.8. The first kappa shape index (κ1) is 10.4. The first-order valence-electron chi connectivity index (χ1n) is 5.10. The van der Waals surface area contributed by atoms with Crippen molar-refractivity contribution in [3.63, 3.8) is 0 Å². The minimum atomic E-state index is -0.391. The molecule has 0 bridgehead atoms. The quantitative estimate of drug-likeness (QED) is 0.763. The maximum atomic E-state index is 13.5. The minimum absolute atomic E-state index is 0.307. The summed E-state index contributed by atoms with van der Waals surface area (Å²) in [6.45, 7) is 4.26. The highest BCUT2D eigenvalue weighted by Gasteiger charge is 2.18. The van der Waals surface area contributed by atoms with Crippen LogP contribution in [0, 0.1) is 11.6 Å². The highest BCUT2D eigenvalue weighted by atomic mass is 19.1. The summed E-state index contributed by atoms with van der Waals surface area (Å²) in [5, 5.41) is 3.26. The fourth-order valence-electron chi connectivity index (χ4n) is 1.88. The van der Waals surface area contributed by atoms with E-state index in [2.05, 4.69) is 5.32 Å². The number of halogens is 2. The summed E-state index contributed by atoms with van der Waals surface area (Å²) >= 11 is 0. The highest BCUT2D eigenvalue weighted by Crippen LogP contribution is 2.21. The van der Waals surface area contributed by atoms with E-state index in [4.69, 9.17) is 0 Å². The van der Waals surface area contributed by atoms with Crippen molar-refractivity contribution in [2.45, 2.75) is 13.0 Å². The van der Waals surface area contributed by atoms with E-state index in [1.54, 1.807) is 0 Å². The van der Waals surface area contributed by atoms with E-state index in [1.165, 1.54) is 12.1 Å². The zero-order chi connectivity index (χ0) is 10.8. The average Bonchev–Trinajstić information content (AvgIpc) is 2.22. The standard InChI is InChI=1S/C11H14F2N2/c1-8-7-15(5-4-14-8)11-6-9(12)2-3-10(11)13/h2-3,6,8,14H,4-5,7H2,1H3. The molecule has 1 unspecified atom stereocenters. The number of hydrogen-bond donors (Lipinski definition) is 1. The van der Waals surface area contributed by atoms with Crippen LogP contribution in [-0.2, 0) is 0 Å². The van der Waals surface area contributed by atoms with Gasteiger partial charge in [-0.15, -0.1) is 0 Å². The van der Waals surface area contributed by atoms with Crippen LogP contribution in [0.15, 0.2) is 18.2 Å². The monoisotopic (exact) mass is 212 g/mol. The van der Waals surface area contributed by atoms with E-state index in [0.29, 0.717) is 24.8 Å². The number of piperazine rings is 1. The number of nitrogens with zero attached hydrogens (tertiary/aromatic N) is 1. The van der Waals surface area contributed by atoms with Gasteiger partial charge < -0.3 is 10.2 Å². The maximum absolute atomic E-state index is 13.5. The predicted octanol–water partition coefficient (Wildman–Crippen LogP) is 1.76. The molecule has 0 aliphatic carbocycles. The molecule has 15 heavy (non-hydrogen) atoms. The molecule has 1 saturated heterocycles. The van der Waals surface area contributed by atoms with Crippen LogP contribution in [0.4, 0.5) is 14.5 Å². The lowest BCUT2D eigenvalue weighted by atomic mass is 10.2. The van der Waals surface area contributed by atoms with Gasteiger partial charge in [0.1, 0.15) is 11.6 Å². The lowest BCUT2D eigenvalue weighted by Crippen LogP contribution is -2.49. The van der Waals surface area contributed by atoms with Crippen molar-refractivity contribution in [3.05, 3.63) is 29.8 Å². The topological polar surface area (TPSA) is 15.3 Å². The zero-order valence-corrected chi connectivity index (χ0v) is 8.63. The molecule has 1 aliphatic rings. The van der Waals surface area contributed by atoms with Crippen LogP contribution in [0.1, 0.15) is 6.92 Å². The predicted molar refractivity (Wildman–Crippen MR) is 56.0 cm³/mol. The Hall–Kier alpha value is -1.16. The number of benzene rings is 1. The summed E-state index contributed by atoms with van der Waals surface area (Å²) in [6.07, 6.45) is 0. The van der Waals surface area contributed by atoms with Crippen molar-refractivity contribution in [3.8, 4) is 0 Å². The first-order valence-corrected chi connectivity index (χ1v) is 5.10. The number of hydrogen-bond acceptors (Lipinski definition) is 2. The smallest absolute Gasteiger partial charge is 0.146 e. The summed E-state index contributed by atoms with van der Waals surface area (Å²) < 4.78 is 26.4. The third-order valence-corrected chi connectivity index (χ3v) is 2.62. The second-order valence-electron chi connectivity index (χ2n) is 3.90. The van der Waals surface area contributed by atoms with E-state index in [9.17, 15) is 8.78 Å². The Morgan fingerprint density at radius 2 is 2.20 bits per heavy atom. The summed E-state index contributed by atoms with van der Waals surface area (Å²) in [4.78, 5) is 1.87. The Morgan fingerprint density at radius 3 is 2.93 bits per heavy atom. The highest BCUT2D eigenvalue weighted by molar-refractivity contribution is 5.48. The van der Waals surface area contributed by atoms with Gasteiger partial charge in [-0.05, 0) is 19.1 Å². The molecule has 0 spiro atoms. The third-order valence-electron chi connectivity index (χ3n) is 2.62. The Balaban J connectivity index is 2.24. The molecule has 1 aliphatic heterocycles. The third kappa shape index (κ3) is 2.26. The molecular weight excluding hydrogens is 198 g/mol. The Labute approximate surface area is 87.9 Å². The fraction of sp³-hybridized carbons (Fsp3) is 0.455. The number of nitrogens with one attached hydrogen (secondary N) is 1. The molecule has 0 saturated carbocycles. The van der Waals surface area contributed by atoms with Crippen molar-refractivity contribution >= 4 is 5.69 Å². The van der Waals surface area contributed by atoms with Crippen LogP contribution < -0.4 is 10.2 Å². The number of rotatable bonds is 1. The van der Waals surface area contributed by atoms with Gasteiger partial charge >= 0.3 is 0 Å². The van der Waals surface area contributed by atoms with Crippen LogP contribution in [-0.4, -0.2) is 25.7 Å². The Kier molecular flexibility index (Phi) is 2.86. The Morgan fingerprint density at radius 1 is 1.40 bits per heavy atom. The van der Waals surface area contributed by atoms with E-state index >= 15 is 0 Å². The van der Waals surface area contributed by atoms with Crippen molar-refractivity contribution in [2.75, 3.05) is 24.5 Å². The molecule has 0 radical (unpaired) electrons. The molecular formula is C11H14F2N2. The van der Waals surface area contributed by atoms with Crippen LogP contribution in [0.25, 0.3) is 0 Å². The van der Waals surface area contributed by atoms with Crippen LogP contribution in [0.5, 0.6) is 0 Å². The molecule has 82 valence electrons. The molecule has 1 aromatic carbocycles. The number of anilines is 1. The molecule has 1 fully saturated rings. The second-order valence-corrected chi connectivity index (χ2v) is 3.90. The lowest BCUT2D eigenvalue weighted by molar-refractivity contribution is 0.477. The van der Waals surface area contributed by atoms with Gasteiger partial charge in [-0.1, -0.05) is 0 Å². The molecule has 1 N–H and O–H groups in total.